The van der Waals surface area contributed by atoms with Crippen molar-refractivity contribution in [1.29, 1.82) is 0 Å². The lowest BCUT2D eigenvalue weighted by molar-refractivity contribution is -0.118. The Bertz CT molecular complexity index is 547. The SMILES string of the molecule is Cc1ccccc1NC(=O)C(CC(C)C)NC(=O)OC(C)(C)C. The molecule has 5 heteroatoms. The Labute approximate surface area is 138 Å². The Balaban J connectivity index is 2.78. The lowest BCUT2D eigenvalue weighted by Gasteiger charge is -2.24. The lowest BCUT2D eigenvalue weighted by Crippen LogP contribution is -2.46. The van der Waals surface area contributed by atoms with Crippen molar-refractivity contribution in [2.75, 3.05) is 5.32 Å². The monoisotopic (exact) mass is 320 g/mol. The number of hydrogen-bond acceptors (Lipinski definition) is 3. The highest BCUT2D eigenvalue weighted by atomic mass is 16.6. The summed E-state index contributed by atoms with van der Waals surface area (Å²) >= 11 is 0. The van der Waals surface area contributed by atoms with E-state index in [-0.39, 0.29) is 11.8 Å². The summed E-state index contributed by atoms with van der Waals surface area (Å²) in [5.41, 5.74) is 1.12. The van der Waals surface area contributed by atoms with Gasteiger partial charge in [-0.2, -0.15) is 0 Å². The van der Waals surface area contributed by atoms with Crippen molar-refractivity contribution in [3.8, 4) is 0 Å². The van der Waals surface area contributed by atoms with Crippen LogP contribution in [0, 0.1) is 12.8 Å². The maximum Gasteiger partial charge on any atom is 0.408 e. The average Bonchev–Trinajstić information content (AvgIpc) is 2.37. The van der Waals surface area contributed by atoms with E-state index in [1.807, 2.05) is 45.0 Å². The Hall–Kier alpha value is -2.04. The van der Waals surface area contributed by atoms with Crippen molar-refractivity contribution in [3.05, 3.63) is 29.8 Å². The summed E-state index contributed by atoms with van der Waals surface area (Å²) in [6, 6.07) is 6.91. The second kappa shape index (κ2) is 7.99. The van der Waals surface area contributed by atoms with Gasteiger partial charge < -0.3 is 15.4 Å². The highest BCUT2D eigenvalue weighted by Gasteiger charge is 2.25. The van der Waals surface area contributed by atoms with Crippen LogP contribution in [0.3, 0.4) is 0 Å². The van der Waals surface area contributed by atoms with Gasteiger partial charge in [0, 0.05) is 5.69 Å². The molecule has 2 N–H and O–H groups in total. The van der Waals surface area contributed by atoms with Crippen molar-refractivity contribution in [1.82, 2.24) is 5.32 Å². The summed E-state index contributed by atoms with van der Waals surface area (Å²) in [7, 11) is 0. The molecule has 0 bridgehead atoms. The largest absolute Gasteiger partial charge is 0.444 e. The molecular weight excluding hydrogens is 292 g/mol. The fourth-order valence-electron chi connectivity index (χ4n) is 2.09. The van der Waals surface area contributed by atoms with E-state index in [2.05, 4.69) is 10.6 Å². The van der Waals surface area contributed by atoms with Gasteiger partial charge in [-0.15, -0.1) is 0 Å². The van der Waals surface area contributed by atoms with Crippen LogP contribution in [0.1, 0.15) is 46.6 Å². The van der Waals surface area contributed by atoms with Crippen LogP contribution in [0.4, 0.5) is 10.5 Å². The smallest absolute Gasteiger partial charge is 0.408 e. The molecule has 1 aromatic carbocycles. The molecule has 0 saturated heterocycles. The first-order valence-electron chi connectivity index (χ1n) is 7.94. The number of alkyl carbamates (subject to hydrolysis) is 1. The highest BCUT2D eigenvalue weighted by Crippen LogP contribution is 2.15. The Morgan fingerprint density at radius 1 is 1.17 bits per heavy atom. The number of hydrogen-bond donors (Lipinski definition) is 2. The van der Waals surface area contributed by atoms with Gasteiger partial charge in [0.25, 0.3) is 0 Å². The molecule has 0 spiro atoms. The zero-order chi connectivity index (χ0) is 17.6. The molecule has 0 saturated carbocycles. The van der Waals surface area contributed by atoms with Gasteiger partial charge in [0.15, 0.2) is 0 Å². The standard InChI is InChI=1S/C18H28N2O3/c1-12(2)11-15(20-17(22)23-18(4,5)6)16(21)19-14-10-8-7-9-13(14)3/h7-10,12,15H,11H2,1-6H3,(H,19,21)(H,20,22). The molecule has 0 aliphatic carbocycles. The number of nitrogens with one attached hydrogen (secondary N) is 2. The number of para-hydroxylation sites is 1. The predicted octanol–water partition coefficient (Wildman–Crippen LogP) is 3.87. The minimum atomic E-state index is -0.635. The van der Waals surface area contributed by atoms with Crippen LogP contribution in [0.25, 0.3) is 0 Å². The Morgan fingerprint density at radius 2 is 1.78 bits per heavy atom. The molecule has 0 aliphatic rings. The molecule has 2 amide bonds. The maximum atomic E-state index is 12.5. The lowest BCUT2D eigenvalue weighted by atomic mass is 10.0. The number of anilines is 1. The van der Waals surface area contributed by atoms with E-state index in [0.717, 1.165) is 11.3 Å². The summed E-state index contributed by atoms with van der Waals surface area (Å²) < 4.78 is 5.24. The fourth-order valence-corrected chi connectivity index (χ4v) is 2.09. The van der Waals surface area contributed by atoms with E-state index in [4.69, 9.17) is 4.74 Å². The summed E-state index contributed by atoms with van der Waals surface area (Å²) in [4.78, 5) is 24.5. The number of carbonyl (C=O) groups is 2. The van der Waals surface area contributed by atoms with Crippen molar-refractivity contribution < 1.29 is 14.3 Å². The Kier molecular flexibility index (Phi) is 6.61. The second-order valence-corrected chi connectivity index (χ2v) is 7.13. The molecule has 0 fully saturated rings. The van der Waals surface area contributed by atoms with Crippen LogP contribution in [0.15, 0.2) is 24.3 Å². The van der Waals surface area contributed by atoms with E-state index in [1.54, 1.807) is 20.8 Å². The molecule has 23 heavy (non-hydrogen) atoms. The van der Waals surface area contributed by atoms with Gasteiger partial charge >= 0.3 is 6.09 Å². The van der Waals surface area contributed by atoms with E-state index < -0.39 is 17.7 Å². The number of aryl methyl sites for hydroxylation is 1. The first-order chi connectivity index (χ1) is 10.6. The number of carbonyl (C=O) groups excluding carboxylic acids is 2. The average molecular weight is 320 g/mol. The van der Waals surface area contributed by atoms with Gasteiger partial charge in [-0.05, 0) is 51.7 Å². The Morgan fingerprint density at radius 3 is 2.30 bits per heavy atom. The summed E-state index contributed by atoms with van der Waals surface area (Å²) in [5, 5.41) is 5.55. The number of rotatable bonds is 5. The van der Waals surface area contributed by atoms with Gasteiger partial charge in [-0.3, -0.25) is 4.79 Å². The van der Waals surface area contributed by atoms with Gasteiger partial charge in [0.05, 0.1) is 0 Å². The third-order valence-corrected chi connectivity index (χ3v) is 3.12. The van der Waals surface area contributed by atoms with Gasteiger partial charge in [0.2, 0.25) is 5.91 Å². The van der Waals surface area contributed by atoms with Crippen LogP contribution >= 0.6 is 0 Å². The number of benzene rings is 1. The van der Waals surface area contributed by atoms with Crippen molar-refractivity contribution >= 4 is 17.7 Å². The molecule has 1 unspecified atom stereocenters. The van der Waals surface area contributed by atoms with Crippen LogP contribution in [-0.2, 0) is 9.53 Å². The van der Waals surface area contributed by atoms with E-state index >= 15 is 0 Å². The summed E-state index contributed by atoms with van der Waals surface area (Å²) in [5.74, 6) is 0.0245. The molecule has 1 aromatic rings. The molecule has 1 atom stereocenters. The first-order valence-corrected chi connectivity index (χ1v) is 7.94. The normalized spacial score (nSPS) is 12.7. The maximum absolute atomic E-state index is 12.5. The van der Waals surface area contributed by atoms with E-state index in [0.29, 0.717) is 6.42 Å². The fraction of sp³-hybridized carbons (Fsp3) is 0.556. The van der Waals surface area contributed by atoms with Gasteiger partial charge in [-0.25, -0.2) is 4.79 Å². The predicted molar refractivity (Wildman–Crippen MR) is 92.4 cm³/mol. The van der Waals surface area contributed by atoms with E-state index in [9.17, 15) is 9.59 Å². The molecular formula is C18H28N2O3. The summed E-state index contributed by atoms with van der Waals surface area (Å²) in [6.45, 7) is 11.3. The molecule has 128 valence electrons. The quantitative estimate of drug-likeness (QED) is 0.865. The molecule has 0 aromatic heterocycles. The van der Waals surface area contributed by atoms with Crippen molar-refractivity contribution in [3.63, 3.8) is 0 Å². The molecule has 0 heterocycles. The third-order valence-electron chi connectivity index (χ3n) is 3.12. The zero-order valence-corrected chi connectivity index (χ0v) is 14.9. The van der Waals surface area contributed by atoms with Crippen molar-refractivity contribution in [2.45, 2.75) is 59.6 Å². The highest BCUT2D eigenvalue weighted by molar-refractivity contribution is 5.97. The minimum Gasteiger partial charge on any atom is -0.444 e. The summed E-state index contributed by atoms with van der Waals surface area (Å²) in [6.07, 6.45) is -0.0418. The van der Waals surface area contributed by atoms with Gasteiger partial charge in [0.1, 0.15) is 11.6 Å². The van der Waals surface area contributed by atoms with E-state index in [1.165, 1.54) is 0 Å². The van der Waals surface area contributed by atoms with Gasteiger partial charge in [-0.1, -0.05) is 32.0 Å². The van der Waals surface area contributed by atoms with Crippen LogP contribution in [0.5, 0.6) is 0 Å². The third kappa shape index (κ3) is 7.17. The van der Waals surface area contributed by atoms with Crippen molar-refractivity contribution in [2.24, 2.45) is 5.92 Å². The molecule has 0 aliphatic heterocycles. The van der Waals surface area contributed by atoms with Crippen LogP contribution in [-0.4, -0.2) is 23.6 Å². The molecule has 1 rings (SSSR count). The zero-order valence-electron chi connectivity index (χ0n) is 14.9. The second-order valence-electron chi connectivity index (χ2n) is 7.13. The minimum absolute atomic E-state index is 0.237. The number of ether oxygens (including phenoxy) is 1. The first kappa shape index (κ1) is 19.0. The topological polar surface area (TPSA) is 67.4 Å². The number of amides is 2. The van der Waals surface area contributed by atoms with Crippen LogP contribution < -0.4 is 10.6 Å². The van der Waals surface area contributed by atoms with Crippen LogP contribution in [0.2, 0.25) is 0 Å². The molecule has 5 nitrogen and oxygen atoms in total. The molecule has 0 radical (unpaired) electrons.